The second-order valence-corrected chi connectivity index (χ2v) is 7.96. The Morgan fingerprint density at radius 3 is 2.55 bits per heavy atom. The Morgan fingerprint density at radius 1 is 1.18 bits per heavy atom. The van der Waals surface area contributed by atoms with Gasteiger partial charge in [-0.3, -0.25) is 0 Å². The summed E-state index contributed by atoms with van der Waals surface area (Å²) in [7, 11) is 1.54. The molecule has 8 heteroatoms. The van der Waals surface area contributed by atoms with E-state index in [2.05, 4.69) is 6.08 Å². The van der Waals surface area contributed by atoms with Crippen molar-refractivity contribution in [2.24, 2.45) is 0 Å². The van der Waals surface area contributed by atoms with Crippen molar-refractivity contribution in [1.82, 2.24) is 4.90 Å². The maximum absolute atomic E-state index is 13.4. The molecule has 0 bridgehead atoms. The molecular weight excluding hydrogens is 455 g/mol. The smallest absolute Gasteiger partial charge is 0.416 e. The van der Waals surface area contributed by atoms with Crippen LogP contribution in [0.1, 0.15) is 35.1 Å². The van der Waals surface area contributed by atoms with E-state index >= 15 is 0 Å². The van der Waals surface area contributed by atoms with Crippen LogP contribution in [0.3, 0.4) is 0 Å². The molecule has 4 nitrogen and oxygen atoms in total. The molecule has 1 aliphatic rings. The van der Waals surface area contributed by atoms with E-state index in [1.807, 2.05) is 0 Å². The van der Waals surface area contributed by atoms with E-state index in [1.165, 1.54) is 18.1 Å². The summed E-state index contributed by atoms with van der Waals surface area (Å²) < 4.78 is 51.2. The monoisotopic (exact) mass is 478 g/mol. The van der Waals surface area contributed by atoms with Crippen molar-refractivity contribution in [1.29, 1.82) is 0 Å². The molecule has 0 saturated carbocycles. The quantitative estimate of drug-likeness (QED) is 0.453. The van der Waals surface area contributed by atoms with Crippen molar-refractivity contribution in [2.75, 3.05) is 13.7 Å². The van der Waals surface area contributed by atoms with E-state index in [4.69, 9.17) is 21.1 Å². The minimum absolute atomic E-state index is 0.0266. The lowest BCUT2D eigenvalue weighted by Crippen LogP contribution is -2.32. The first-order chi connectivity index (χ1) is 15.7. The number of amides is 1. The summed E-state index contributed by atoms with van der Waals surface area (Å²) in [5.41, 5.74) is 0.979. The highest BCUT2D eigenvalue weighted by atomic mass is 35.5. The predicted molar refractivity (Wildman–Crippen MR) is 120 cm³/mol. The van der Waals surface area contributed by atoms with Crippen LogP contribution in [0.25, 0.3) is 0 Å². The van der Waals surface area contributed by atoms with Crippen LogP contribution < -0.4 is 0 Å². The number of ether oxygens (including phenoxy) is 2. The molecule has 0 heterocycles. The second-order valence-electron chi connectivity index (χ2n) is 7.53. The Bertz CT molecular complexity index is 1020. The normalized spacial score (nSPS) is 17.8. The number of halogens is 4. The zero-order valence-corrected chi connectivity index (χ0v) is 19.0. The number of hydrogen-bond acceptors (Lipinski definition) is 3. The van der Waals surface area contributed by atoms with Gasteiger partial charge in [-0.05, 0) is 54.0 Å². The zero-order valence-electron chi connectivity index (χ0n) is 18.2. The Kier molecular flexibility index (Phi) is 8.21. The van der Waals surface area contributed by atoms with Gasteiger partial charge in [0.15, 0.2) is 0 Å². The van der Waals surface area contributed by atoms with Gasteiger partial charge in [-0.15, -0.1) is 0 Å². The summed E-state index contributed by atoms with van der Waals surface area (Å²) in [6.07, 6.45) is 2.76. The lowest BCUT2D eigenvalue weighted by atomic mass is 9.86. The molecule has 1 aliphatic carbocycles. The van der Waals surface area contributed by atoms with Crippen molar-refractivity contribution >= 4 is 17.7 Å². The SMILES string of the molecule is CCN(Cc1cc(C(F)(F)F)ccc1C1C=[C]C=CC1OC)C(=O)OCc1ccc(Cl)cc1. The number of carbonyl (C=O) groups is 1. The van der Waals surface area contributed by atoms with Crippen LogP contribution in [0.5, 0.6) is 0 Å². The van der Waals surface area contributed by atoms with Gasteiger partial charge in [0.05, 0.1) is 11.7 Å². The molecule has 0 fully saturated rings. The highest BCUT2D eigenvalue weighted by Crippen LogP contribution is 2.35. The molecule has 0 saturated heterocycles. The van der Waals surface area contributed by atoms with Gasteiger partial charge in [-0.2, -0.15) is 13.2 Å². The van der Waals surface area contributed by atoms with Crippen molar-refractivity contribution in [3.63, 3.8) is 0 Å². The zero-order chi connectivity index (χ0) is 24.0. The molecule has 1 radical (unpaired) electrons. The van der Waals surface area contributed by atoms with Crippen LogP contribution in [0, 0.1) is 6.08 Å². The van der Waals surface area contributed by atoms with Crippen molar-refractivity contribution in [3.05, 3.63) is 94.0 Å². The first-order valence-electron chi connectivity index (χ1n) is 10.4. The minimum Gasteiger partial charge on any atom is -0.445 e. The van der Waals surface area contributed by atoms with E-state index < -0.39 is 17.8 Å². The first kappa shape index (κ1) is 24.9. The number of rotatable bonds is 7. The summed E-state index contributed by atoms with van der Waals surface area (Å²) in [5, 5.41) is 0.565. The summed E-state index contributed by atoms with van der Waals surface area (Å²) in [4.78, 5) is 14.1. The molecule has 3 rings (SSSR count). The van der Waals surface area contributed by atoms with Crippen LogP contribution in [0.4, 0.5) is 18.0 Å². The predicted octanol–water partition coefficient (Wildman–Crippen LogP) is 6.55. The fourth-order valence-electron chi connectivity index (χ4n) is 3.59. The van der Waals surface area contributed by atoms with Crippen molar-refractivity contribution in [3.8, 4) is 0 Å². The molecule has 0 aliphatic heterocycles. The number of carbonyl (C=O) groups excluding carboxylic acids is 1. The summed E-state index contributed by atoms with van der Waals surface area (Å²) in [6.45, 7) is 1.99. The van der Waals surface area contributed by atoms with Gasteiger partial charge < -0.3 is 14.4 Å². The third-order valence-corrected chi connectivity index (χ3v) is 5.64. The standard InChI is InChI=1S/C25H24ClF3NO3/c1-3-30(24(31)33-16-17-8-11-20(26)12-9-17)15-18-14-19(25(27,28)29)10-13-21(18)22-6-4-5-7-23(22)32-2/h5-14,22-23H,3,15-16H2,1-2H3. The van der Waals surface area contributed by atoms with E-state index in [9.17, 15) is 18.0 Å². The molecule has 0 aromatic heterocycles. The number of benzene rings is 2. The molecule has 1 amide bonds. The third kappa shape index (κ3) is 6.39. The molecule has 2 unspecified atom stereocenters. The number of nitrogens with zero attached hydrogens (tertiary/aromatic N) is 1. The maximum Gasteiger partial charge on any atom is 0.416 e. The van der Waals surface area contributed by atoms with Crippen molar-refractivity contribution < 1.29 is 27.4 Å². The van der Waals surface area contributed by atoms with Gasteiger partial charge in [-0.1, -0.05) is 48.0 Å². The maximum atomic E-state index is 13.4. The molecule has 2 atom stereocenters. The largest absolute Gasteiger partial charge is 0.445 e. The minimum atomic E-state index is -4.51. The van der Waals surface area contributed by atoms with Crippen molar-refractivity contribution in [2.45, 2.75) is 38.3 Å². The van der Waals surface area contributed by atoms with Gasteiger partial charge in [0, 0.05) is 31.1 Å². The van der Waals surface area contributed by atoms with E-state index in [1.54, 1.807) is 49.4 Å². The molecule has 33 heavy (non-hydrogen) atoms. The average Bonchev–Trinajstić information content (AvgIpc) is 2.81. The summed E-state index contributed by atoms with van der Waals surface area (Å²) in [6, 6.07) is 10.4. The van der Waals surface area contributed by atoms with Gasteiger partial charge in [-0.25, -0.2) is 4.79 Å². The Labute approximate surface area is 196 Å². The van der Waals surface area contributed by atoms with Crippen LogP contribution in [0.2, 0.25) is 5.02 Å². The van der Waals surface area contributed by atoms with Gasteiger partial charge >= 0.3 is 12.3 Å². The molecule has 0 N–H and O–H groups in total. The molecule has 2 aromatic carbocycles. The van der Waals surface area contributed by atoms with E-state index in [0.717, 1.165) is 17.7 Å². The fraction of sp³-hybridized carbons (Fsp3) is 0.320. The Balaban J connectivity index is 1.85. The lowest BCUT2D eigenvalue weighted by Gasteiger charge is -2.28. The number of alkyl halides is 3. The fourth-order valence-corrected chi connectivity index (χ4v) is 3.71. The van der Waals surface area contributed by atoms with Crippen LogP contribution in [-0.4, -0.2) is 30.8 Å². The highest BCUT2D eigenvalue weighted by Gasteiger charge is 2.33. The van der Waals surface area contributed by atoms with E-state index in [0.29, 0.717) is 16.1 Å². The number of hydrogen-bond donors (Lipinski definition) is 0. The first-order valence-corrected chi connectivity index (χ1v) is 10.8. The van der Waals surface area contributed by atoms with Gasteiger partial charge in [0.2, 0.25) is 0 Å². The van der Waals surface area contributed by atoms with Crippen LogP contribution in [-0.2, 0) is 28.8 Å². The van der Waals surface area contributed by atoms with Gasteiger partial charge in [0.25, 0.3) is 0 Å². The van der Waals surface area contributed by atoms with E-state index in [-0.39, 0.29) is 31.7 Å². The molecule has 0 spiro atoms. The lowest BCUT2D eigenvalue weighted by molar-refractivity contribution is -0.137. The molecule has 2 aromatic rings. The third-order valence-electron chi connectivity index (χ3n) is 5.39. The second kappa shape index (κ2) is 10.9. The molecule has 175 valence electrons. The summed E-state index contributed by atoms with van der Waals surface area (Å²) in [5.74, 6) is -0.332. The molecular formula is C25H24ClF3NO3. The highest BCUT2D eigenvalue weighted by molar-refractivity contribution is 6.30. The Morgan fingerprint density at radius 2 is 1.91 bits per heavy atom. The average molecular weight is 479 g/mol. The van der Waals surface area contributed by atoms with Crippen LogP contribution in [0.15, 0.2) is 60.7 Å². The topological polar surface area (TPSA) is 38.8 Å². The van der Waals surface area contributed by atoms with Gasteiger partial charge in [0.1, 0.15) is 6.61 Å². The Hall–Kier alpha value is -2.77. The van der Waals surface area contributed by atoms with Crippen LogP contribution >= 0.6 is 11.6 Å². The number of methoxy groups -OCH3 is 1. The number of allylic oxidation sites excluding steroid dienone is 2. The summed E-state index contributed by atoms with van der Waals surface area (Å²) >= 11 is 5.87.